The number of aromatic nitrogens is 1. The highest BCUT2D eigenvalue weighted by atomic mass is 32.2. The number of fused-ring (bicyclic) bond motifs is 1. The van der Waals surface area contributed by atoms with Crippen molar-refractivity contribution >= 4 is 51.3 Å². The first-order valence-corrected chi connectivity index (χ1v) is 13.4. The van der Waals surface area contributed by atoms with Crippen molar-refractivity contribution in [2.45, 2.75) is 26.3 Å². The van der Waals surface area contributed by atoms with Crippen molar-refractivity contribution < 1.29 is 24.2 Å². The zero-order valence-corrected chi connectivity index (χ0v) is 22.2. The highest BCUT2D eigenvalue weighted by Gasteiger charge is 2.33. The number of methoxy groups -OCH3 is 1. The van der Waals surface area contributed by atoms with E-state index >= 15 is 0 Å². The van der Waals surface area contributed by atoms with Crippen molar-refractivity contribution in [2.75, 3.05) is 26.8 Å². The smallest absolute Gasteiger partial charge is 0.344 e. The third kappa shape index (κ3) is 5.19. The van der Waals surface area contributed by atoms with Gasteiger partial charge in [-0.1, -0.05) is 30.0 Å². The molecule has 1 aromatic heterocycles. The quantitative estimate of drug-likeness (QED) is 0.407. The Labute approximate surface area is 225 Å². The maximum atomic E-state index is 12.9. The van der Waals surface area contributed by atoms with Crippen molar-refractivity contribution in [3.05, 3.63) is 76.5 Å². The van der Waals surface area contributed by atoms with Gasteiger partial charge in [-0.25, -0.2) is 9.79 Å². The van der Waals surface area contributed by atoms with Crippen LogP contribution in [0.5, 0.6) is 5.75 Å². The number of amides is 1. The minimum atomic E-state index is -0.633. The van der Waals surface area contributed by atoms with Gasteiger partial charge in [0.1, 0.15) is 28.7 Å². The number of hydrogen-bond donors (Lipinski definition) is 1. The van der Waals surface area contributed by atoms with Crippen molar-refractivity contribution in [1.82, 2.24) is 9.47 Å². The number of para-hydroxylation sites is 1. The number of carbonyl (C=O) groups is 2. The lowest BCUT2D eigenvalue weighted by Crippen LogP contribution is -2.30. The van der Waals surface area contributed by atoms with E-state index < -0.39 is 5.97 Å². The standard InChI is InChI=1S/C29H29N3O5S/c1-3-37-29(35)26-27(34)24(38-28(26)30-20-10-12-21(36-2)13-11-20)16-19-17-32(23-9-5-4-8-22(19)23)18-25(33)31-14-6-7-15-31/h4-5,8-13,16-17,34H,3,6-7,14-15,18H2,1-2H3/b24-16-,30-28?. The largest absolute Gasteiger partial charge is 0.506 e. The number of likely N-dealkylation sites (tertiary alicyclic amines) is 1. The van der Waals surface area contributed by atoms with Crippen LogP contribution in [0.4, 0.5) is 5.69 Å². The SMILES string of the molecule is CCOC(=O)C1=C(O)/C(=C/c2cn(CC(=O)N3CCCC3)c3ccccc23)SC1=Nc1ccc(OC)cc1. The highest BCUT2D eigenvalue weighted by Crippen LogP contribution is 2.41. The second-order valence-electron chi connectivity index (χ2n) is 8.99. The second kappa shape index (κ2) is 11.2. The predicted octanol–water partition coefficient (Wildman–Crippen LogP) is 5.47. The van der Waals surface area contributed by atoms with Crippen LogP contribution < -0.4 is 4.74 Å². The van der Waals surface area contributed by atoms with E-state index in [1.807, 2.05) is 46.0 Å². The molecule has 2 aliphatic heterocycles. The molecule has 0 spiro atoms. The minimum Gasteiger partial charge on any atom is -0.506 e. The number of benzene rings is 2. The summed E-state index contributed by atoms with van der Waals surface area (Å²) in [4.78, 5) is 32.7. The predicted molar refractivity (Wildman–Crippen MR) is 150 cm³/mol. The highest BCUT2D eigenvalue weighted by molar-refractivity contribution is 8.18. The van der Waals surface area contributed by atoms with E-state index in [1.54, 1.807) is 38.3 Å². The normalized spacial score (nSPS) is 17.7. The second-order valence-corrected chi connectivity index (χ2v) is 10.0. The Morgan fingerprint density at radius 3 is 2.55 bits per heavy atom. The van der Waals surface area contributed by atoms with Crippen molar-refractivity contribution in [1.29, 1.82) is 0 Å². The van der Waals surface area contributed by atoms with Gasteiger partial charge in [-0.2, -0.15) is 0 Å². The van der Waals surface area contributed by atoms with Gasteiger partial charge in [-0.05, 0) is 56.2 Å². The molecule has 1 amide bonds. The number of carbonyl (C=O) groups excluding carboxylic acids is 2. The van der Waals surface area contributed by atoms with Crippen LogP contribution in [0.2, 0.25) is 0 Å². The van der Waals surface area contributed by atoms with Gasteiger partial charge in [0.25, 0.3) is 0 Å². The Morgan fingerprint density at radius 2 is 1.84 bits per heavy atom. The number of aliphatic hydroxyl groups is 1. The molecule has 2 aromatic carbocycles. The van der Waals surface area contributed by atoms with E-state index in [1.165, 1.54) is 11.8 Å². The maximum Gasteiger partial charge on any atom is 0.344 e. The maximum absolute atomic E-state index is 12.9. The molecule has 3 aromatic rings. The number of esters is 1. The summed E-state index contributed by atoms with van der Waals surface area (Å²) in [7, 11) is 1.59. The molecule has 8 nitrogen and oxygen atoms in total. The van der Waals surface area contributed by atoms with Crippen LogP contribution in [0, 0.1) is 0 Å². The lowest BCUT2D eigenvalue weighted by Gasteiger charge is -2.15. The average Bonchev–Trinajstić information content (AvgIpc) is 3.65. The average molecular weight is 532 g/mol. The molecule has 0 bridgehead atoms. The fourth-order valence-corrected chi connectivity index (χ4v) is 5.67. The zero-order valence-electron chi connectivity index (χ0n) is 21.3. The molecule has 3 heterocycles. The van der Waals surface area contributed by atoms with E-state index in [-0.39, 0.29) is 30.4 Å². The van der Waals surface area contributed by atoms with Crippen LogP contribution in [-0.4, -0.2) is 58.3 Å². The van der Waals surface area contributed by atoms with Gasteiger partial charge in [0.05, 0.1) is 24.3 Å². The molecule has 5 rings (SSSR count). The van der Waals surface area contributed by atoms with Crippen molar-refractivity contribution in [2.24, 2.45) is 4.99 Å². The van der Waals surface area contributed by atoms with Gasteiger partial charge in [-0.3, -0.25) is 4.79 Å². The molecular formula is C29H29N3O5S. The summed E-state index contributed by atoms with van der Waals surface area (Å²) in [5.41, 5.74) is 2.40. The summed E-state index contributed by atoms with van der Waals surface area (Å²) in [6, 6.07) is 15.0. The third-order valence-electron chi connectivity index (χ3n) is 6.54. The fourth-order valence-electron chi connectivity index (χ4n) is 4.64. The van der Waals surface area contributed by atoms with Crippen LogP contribution >= 0.6 is 11.8 Å². The third-order valence-corrected chi connectivity index (χ3v) is 7.56. The van der Waals surface area contributed by atoms with Gasteiger partial charge in [0, 0.05) is 35.8 Å². The number of thioether (sulfide) groups is 1. The van der Waals surface area contributed by atoms with E-state index in [0.717, 1.165) is 42.4 Å². The van der Waals surface area contributed by atoms with E-state index in [4.69, 9.17) is 9.47 Å². The summed E-state index contributed by atoms with van der Waals surface area (Å²) < 4.78 is 12.4. The van der Waals surface area contributed by atoms with Gasteiger partial charge >= 0.3 is 5.97 Å². The lowest BCUT2D eigenvalue weighted by atomic mass is 10.1. The molecule has 2 aliphatic rings. The Kier molecular flexibility index (Phi) is 7.55. The van der Waals surface area contributed by atoms with Gasteiger partial charge in [0.2, 0.25) is 5.91 Å². The van der Waals surface area contributed by atoms with Crippen LogP contribution in [0.3, 0.4) is 0 Å². The van der Waals surface area contributed by atoms with Gasteiger partial charge in [-0.15, -0.1) is 0 Å². The molecule has 1 saturated heterocycles. The van der Waals surface area contributed by atoms with E-state index in [2.05, 4.69) is 4.99 Å². The van der Waals surface area contributed by atoms with Crippen LogP contribution in [0.25, 0.3) is 17.0 Å². The first-order chi connectivity index (χ1) is 18.5. The van der Waals surface area contributed by atoms with E-state index in [0.29, 0.717) is 21.4 Å². The van der Waals surface area contributed by atoms with Crippen LogP contribution in [0.1, 0.15) is 25.3 Å². The van der Waals surface area contributed by atoms with Crippen molar-refractivity contribution in [3.8, 4) is 5.75 Å². The Hall–Kier alpha value is -3.98. The first-order valence-electron chi connectivity index (χ1n) is 12.6. The molecule has 1 N–H and O–H groups in total. The van der Waals surface area contributed by atoms with Crippen molar-refractivity contribution in [3.63, 3.8) is 0 Å². The minimum absolute atomic E-state index is 0.0341. The number of aliphatic hydroxyl groups excluding tert-OH is 1. The Morgan fingerprint density at radius 1 is 1.11 bits per heavy atom. The Balaban J connectivity index is 1.52. The molecule has 0 atom stereocenters. The molecule has 0 saturated carbocycles. The van der Waals surface area contributed by atoms with Gasteiger partial charge < -0.3 is 24.0 Å². The molecule has 196 valence electrons. The monoisotopic (exact) mass is 531 g/mol. The fraction of sp³-hybridized carbons (Fsp3) is 0.276. The first kappa shape index (κ1) is 25.7. The number of ether oxygens (including phenoxy) is 2. The lowest BCUT2D eigenvalue weighted by molar-refractivity contribution is -0.138. The number of rotatable bonds is 7. The molecule has 0 unspecified atom stereocenters. The zero-order chi connectivity index (χ0) is 26.6. The summed E-state index contributed by atoms with van der Waals surface area (Å²) in [6.07, 6.45) is 5.83. The number of aliphatic imine (C=N–C) groups is 1. The van der Waals surface area contributed by atoms with E-state index in [9.17, 15) is 14.7 Å². The topological polar surface area (TPSA) is 93.4 Å². The number of nitrogens with zero attached hydrogens (tertiary/aromatic N) is 3. The molecule has 0 radical (unpaired) electrons. The molecule has 9 heteroatoms. The number of hydrogen-bond acceptors (Lipinski definition) is 7. The van der Waals surface area contributed by atoms with Crippen LogP contribution in [-0.2, 0) is 20.9 Å². The molecule has 38 heavy (non-hydrogen) atoms. The summed E-state index contributed by atoms with van der Waals surface area (Å²) in [5, 5.41) is 12.4. The summed E-state index contributed by atoms with van der Waals surface area (Å²) in [5.74, 6) is -0.0198. The summed E-state index contributed by atoms with van der Waals surface area (Å²) >= 11 is 1.20. The summed E-state index contributed by atoms with van der Waals surface area (Å²) in [6.45, 7) is 3.74. The van der Waals surface area contributed by atoms with Crippen LogP contribution in [0.15, 0.2) is 76.0 Å². The molecule has 0 aliphatic carbocycles. The Bertz CT molecular complexity index is 1460. The molecule has 1 fully saturated rings. The molecular weight excluding hydrogens is 502 g/mol. The van der Waals surface area contributed by atoms with Gasteiger partial charge in [0.15, 0.2) is 0 Å².